The van der Waals surface area contributed by atoms with Crippen molar-refractivity contribution in [3.05, 3.63) is 29.6 Å². The minimum atomic E-state index is -1.10. The number of hydrogen-bond donors (Lipinski definition) is 3. The fourth-order valence-corrected chi connectivity index (χ4v) is 2.46. The van der Waals surface area contributed by atoms with Crippen LogP contribution in [0.2, 0.25) is 0 Å². The molecule has 1 aliphatic rings. The molecule has 0 atom stereocenters. The second kappa shape index (κ2) is 4.87. The van der Waals surface area contributed by atoms with E-state index in [2.05, 4.69) is 5.32 Å². The predicted molar refractivity (Wildman–Crippen MR) is 67.4 cm³/mol. The summed E-state index contributed by atoms with van der Waals surface area (Å²) in [6.45, 7) is 0. The van der Waals surface area contributed by atoms with Crippen molar-refractivity contribution in [2.75, 3.05) is 5.32 Å². The number of benzene rings is 1. The second-order valence-electron chi connectivity index (χ2n) is 4.77. The Morgan fingerprint density at radius 2 is 1.95 bits per heavy atom. The van der Waals surface area contributed by atoms with E-state index < -0.39 is 23.2 Å². The molecule has 19 heavy (non-hydrogen) atoms. The molecule has 1 fully saturated rings. The van der Waals surface area contributed by atoms with Crippen LogP contribution in [-0.4, -0.2) is 22.5 Å². The van der Waals surface area contributed by atoms with Gasteiger partial charge in [0.2, 0.25) is 0 Å². The van der Waals surface area contributed by atoms with Gasteiger partial charge in [-0.3, -0.25) is 4.79 Å². The highest BCUT2D eigenvalue weighted by Gasteiger charge is 2.41. The van der Waals surface area contributed by atoms with Crippen molar-refractivity contribution in [3.8, 4) is 0 Å². The Labute approximate surface area is 109 Å². The van der Waals surface area contributed by atoms with Crippen molar-refractivity contribution in [1.82, 2.24) is 0 Å². The maximum absolute atomic E-state index is 13.1. The van der Waals surface area contributed by atoms with Gasteiger partial charge in [-0.2, -0.15) is 0 Å². The molecule has 0 bridgehead atoms. The van der Waals surface area contributed by atoms with Gasteiger partial charge in [0.05, 0.1) is 5.56 Å². The van der Waals surface area contributed by atoms with Crippen LogP contribution in [0.5, 0.6) is 0 Å². The summed E-state index contributed by atoms with van der Waals surface area (Å²) >= 11 is 0. The minimum absolute atomic E-state index is 0.0347. The molecular formula is C13H15FN2O3. The van der Waals surface area contributed by atoms with Crippen LogP contribution in [-0.2, 0) is 4.79 Å². The van der Waals surface area contributed by atoms with Gasteiger partial charge in [0.25, 0.3) is 5.91 Å². The third-order valence-corrected chi connectivity index (χ3v) is 3.49. The monoisotopic (exact) mass is 266 g/mol. The lowest BCUT2D eigenvalue weighted by atomic mass is 9.96. The lowest BCUT2D eigenvalue weighted by Crippen LogP contribution is -2.44. The standard InChI is InChI=1S/C13H15FN2O3/c14-8-3-4-10(9(7-8)11(15)17)16-13(12(18)19)5-1-2-6-13/h3-4,7,16H,1-2,5-6H2,(H2,15,17)(H,18,19). The summed E-state index contributed by atoms with van der Waals surface area (Å²) < 4.78 is 13.1. The highest BCUT2D eigenvalue weighted by Crippen LogP contribution is 2.34. The lowest BCUT2D eigenvalue weighted by Gasteiger charge is -2.27. The number of hydrogen-bond acceptors (Lipinski definition) is 3. The Morgan fingerprint density at radius 3 is 2.47 bits per heavy atom. The Morgan fingerprint density at radius 1 is 1.32 bits per heavy atom. The van der Waals surface area contributed by atoms with Crippen LogP contribution in [0.25, 0.3) is 0 Å². The summed E-state index contributed by atoms with van der Waals surface area (Å²) in [6.07, 6.45) is 2.54. The fraction of sp³-hybridized carbons (Fsp3) is 0.385. The number of nitrogens with one attached hydrogen (secondary N) is 1. The van der Waals surface area contributed by atoms with Gasteiger partial charge in [0, 0.05) is 5.69 Å². The Hall–Kier alpha value is -2.11. The topological polar surface area (TPSA) is 92.4 Å². The lowest BCUT2D eigenvalue weighted by molar-refractivity contribution is -0.142. The van der Waals surface area contributed by atoms with Gasteiger partial charge in [-0.25, -0.2) is 9.18 Å². The average Bonchev–Trinajstić information content (AvgIpc) is 2.81. The summed E-state index contributed by atoms with van der Waals surface area (Å²) in [5.41, 5.74) is 4.32. The van der Waals surface area contributed by atoms with Crippen LogP contribution < -0.4 is 11.1 Å². The highest BCUT2D eigenvalue weighted by atomic mass is 19.1. The van der Waals surface area contributed by atoms with Gasteiger partial charge in [-0.15, -0.1) is 0 Å². The number of rotatable bonds is 4. The van der Waals surface area contributed by atoms with E-state index in [1.54, 1.807) is 0 Å². The van der Waals surface area contributed by atoms with E-state index in [-0.39, 0.29) is 11.3 Å². The smallest absolute Gasteiger partial charge is 0.329 e. The molecule has 5 nitrogen and oxygen atoms in total. The normalized spacial score (nSPS) is 17.1. The second-order valence-corrected chi connectivity index (χ2v) is 4.77. The molecule has 1 saturated carbocycles. The van der Waals surface area contributed by atoms with Gasteiger partial charge < -0.3 is 16.2 Å². The van der Waals surface area contributed by atoms with Crippen LogP contribution >= 0.6 is 0 Å². The van der Waals surface area contributed by atoms with Crippen LogP contribution in [0.3, 0.4) is 0 Å². The summed E-state index contributed by atoms with van der Waals surface area (Å²) in [5, 5.41) is 12.2. The number of amides is 1. The molecule has 0 spiro atoms. The summed E-state index contributed by atoms with van der Waals surface area (Å²) in [4.78, 5) is 22.7. The van der Waals surface area contributed by atoms with Crippen molar-refractivity contribution in [2.24, 2.45) is 5.73 Å². The van der Waals surface area contributed by atoms with Crippen LogP contribution in [0.15, 0.2) is 18.2 Å². The minimum Gasteiger partial charge on any atom is -0.480 e. The molecule has 0 aromatic heterocycles. The summed E-state index contributed by atoms with van der Waals surface area (Å²) in [6, 6.07) is 3.52. The van der Waals surface area contributed by atoms with E-state index in [0.29, 0.717) is 12.8 Å². The molecule has 0 radical (unpaired) electrons. The van der Waals surface area contributed by atoms with E-state index in [9.17, 15) is 19.1 Å². The first-order chi connectivity index (χ1) is 8.94. The summed E-state index contributed by atoms with van der Waals surface area (Å²) in [7, 11) is 0. The first-order valence-electron chi connectivity index (χ1n) is 6.05. The third-order valence-electron chi connectivity index (χ3n) is 3.49. The molecule has 0 heterocycles. The zero-order valence-corrected chi connectivity index (χ0v) is 10.3. The van der Waals surface area contributed by atoms with Crippen molar-refractivity contribution in [2.45, 2.75) is 31.2 Å². The molecular weight excluding hydrogens is 251 g/mol. The molecule has 4 N–H and O–H groups in total. The van der Waals surface area contributed by atoms with Crippen molar-refractivity contribution < 1.29 is 19.1 Å². The number of halogens is 1. The molecule has 1 aromatic rings. The Bertz CT molecular complexity index is 525. The zero-order chi connectivity index (χ0) is 14.0. The predicted octanol–water partition coefficient (Wildman–Crippen LogP) is 1.73. The molecule has 0 unspecified atom stereocenters. The molecule has 1 amide bonds. The maximum atomic E-state index is 13.1. The number of aliphatic carboxylic acids is 1. The average molecular weight is 266 g/mol. The van der Waals surface area contributed by atoms with Gasteiger partial charge in [0.1, 0.15) is 11.4 Å². The molecule has 0 aliphatic heterocycles. The zero-order valence-electron chi connectivity index (χ0n) is 10.3. The molecule has 2 rings (SSSR count). The van der Waals surface area contributed by atoms with E-state index in [0.717, 1.165) is 18.9 Å². The maximum Gasteiger partial charge on any atom is 0.329 e. The van der Waals surface area contributed by atoms with Gasteiger partial charge in [-0.05, 0) is 31.0 Å². The number of carbonyl (C=O) groups is 2. The molecule has 6 heteroatoms. The van der Waals surface area contributed by atoms with E-state index in [1.165, 1.54) is 12.1 Å². The van der Waals surface area contributed by atoms with E-state index in [1.807, 2.05) is 0 Å². The Kier molecular flexibility index (Phi) is 3.42. The van der Waals surface area contributed by atoms with E-state index >= 15 is 0 Å². The van der Waals surface area contributed by atoms with Crippen molar-refractivity contribution >= 4 is 17.6 Å². The van der Waals surface area contributed by atoms with Crippen molar-refractivity contribution in [1.29, 1.82) is 0 Å². The first-order valence-corrected chi connectivity index (χ1v) is 6.05. The molecule has 1 aliphatic carbocycles. The first kappa shape index (κ1) is 13.3. The third kappa shape index (κ3) is 2.52. The highest BCUT2D eigenvalue weighted by molar-refractivity contribution is 5.99. The number of carboxylic acid groups (broad SMARTS) is 1. The SMILES string of the molecule is NC(=O)c1cc(F)ccc1NC1(C(=O)O)CCCC1. The number of carbonyl (C=O) groups excluding carboxylic acids is 1. The largest absolute Gasteiger partial charge is 0.480 e. The van der Waals surface area contributed by atoms with Crippen LogP contribution in [0.4, 0.5) is 10.1 Å². The van der Waals surface area contributed by atoms with E-state index in [4.69, 9.17) is 5.73 Å². The van der Waals surface area contributed by atoms with Crippen molar-refractivity contribution in [3.63, 3.8) is 0 Å². The Balaban J connectivity index is 2.37. The number of carboxylic acids is 1. The molecule has 102 valence electrons. The molecule has 0 saturated heterocycles. The molecule has 1 aromatic carbocycles. The number of nitrogens with two attached hydrogens (primary N) is 1. The van der Waals surface area contributed by atoms with Gasteiger partial charge >= 0.3 is 5.97 Å². The summed E-state index contributed by atoms with van der Waals surface area (Å²) in [5.74, 6) is -2.35. The van der Waals surface area contributed by atoms with Crippen LogP contribution in [0.1, 0.15) is 36.0 Å². The van der Waals surface area contributed by atoms with Gasteiger partial charge in [-0.1, -0.05) is 12.8 Å². The fourth-order valence-electron chi connectivity index (χ4n) is 2.46. The van der Waals surface area contributed by atoms with Crippen LogP contribution in [0, 0.1) is 5.82 Å². The quantitative estimate of drug-likeness (QED) is 0.773. The number of primary amides is 1. The number of anilines is 1. The van der Waals surface area contributed by atoms with Gasteiger partial charge in [0.15, 0.2) is 0 Å².